The lowest BCUT2D eigenvalue weighted by Crippen LogP contribution is -2.27. The van der Waals surface area contributed by atoms with E-state index in [1.165, 1.54) is 22.2 Å². The van der Waals surface area contributed by atoms with E-state index in [0.717, 1.165) is 16.0 Å². The smallest absolute Gasteiger partial charge is 0.311 e. The van der Waals surface area contributed by atoms with E-state index in [2.05, 4.69) is 16.5 Å². The second kappa shape index (κ2) is 7.08. The quantitative estimate of drug-likeness (QED) is 0.687. The molecule has 0 aliphatic carbocycles. The van der Waals surface area contributed by atoms with Gasteiger partial charge in [-0.05, 0) is 29.7 Å². The maximum absolute atomic E-state index is 13.6. The number of fused-ring (bicyclic) bond motifs is 1. The van der Waals surface area contributed by atoms with Crippen molar-refractivity contribution < 1.29 is 13.2 Å². The van der Waals surface area contributed by atoms with Crippen LogP contribution in [0.15, 0.2) is 36.5 Å². The lowest BCUT2D eigenvalue weighted by atomic mass is 9.84. The number of nitrogens with zero attached hydrogens (tertiary/aromatic N) is 3. The Morgan fingerprint density at radius 1 is 1.29 bits per heavy atom. The van der Waals surface area contributed by atoms with Gasteiger partial charge in [0, 0.05) is 42.2 Å². The summed E-state index contributed by atoms with van der Waals surface area (Å²) in [7, 11) is 0. The minimum atomic E-state index is -4.53. The molecular weight excluding hydrogens is 385 g/mol. The molecule has 0 saturated heterocycles. The summed E-state index contributed by atoms with van der Waals surface area (Å²) in [6, 6.07) is 11.2. The molecule has 0 amide bonds. The number of hydrogen-bond donors (Lipinski definition) is 1. The third-order valence-electron chi connectivity index (χ3n) is 4.94. The summed E-state index contributed by atoms with van der Waals surface area (Å²) in [5, 5.41) is 16.3. The number of nitrogens with one attached hydrogen (secondary N) is 1. The Bertz CT molecular complexity index is 1060. The number of aromatic nitrogens is 2. The third kappa shape index (κ3) is 3.21. The number of benzene rings is 1. The number of halogens is 3. The van der Waals surface area contributed by atoms with Crippen molar-refractivity contribution in [3.8, 4) is 17.2 Å². The summed E-state index contributed by atoms with van der Waals surface area (Å²) in [6.45, 7) is 3.39. The van der Waals surface area contributed by atoms with Crippen LogP contribution in [0.1, 0.15) is 39.4 Å². The van der Waals surface area contributed by atoms with Gasteiger partial charge in [-0.1, -0.05) is 24.3 Å². The van der Waals surface area contributed by atoms with Crippen LogP contribution in [-0.4, -0.2) is 16.3 Å². The molecule has 1 aliphatic heterocycles. The Morgan fingerprint density at radius 3 is 2.79 bits per heavy atom. The minimum absolute atomic E-state index is 0.0906. The van der Waals surface area contributed by atoms with Crippen molar-refractivity contribution in [2.24, 2.45) is 0 Å². The molecule has 2 aromatic heterocycles. The highest BCUT2D eigenvalue weighted by Crippen LogP contribution is 2.42. The molecule has 1 aromatic carbocycles. The van der Waals surface area contributed by atoms with E-state index in [1.54, 1.807) is 19.1 Å². The average molecular weight is 402 g/mol. The molecule has 1 aliphatic rings. The Hall–Kier alpha value is -2.63. The van der Waals surface area contributed by atoms with Crippen molar-refractivity contribution in [2.45, 2.75) is 32.1 Å². The number of thiophene rings is 1. The van der Waals surface area contributed by atoms with Crippen LogP contribution in [0.3, 0.4) is 0 Å². The zero-order valence-corrected chi connectivity index (χ0v) is 15.9. The van der Waals surface area contributed by atoms with Crippen LogP contribution >= 0.6 is 11.3 Å². The largest absolute Gasteiger partial charge is 0.435 e. The van der Waals surface area contributed by atoms with Crippen molar-refractivity contribution in [3.63, 3.8) is 0 Å². The van der Waals surface area contributed by atoms with E-state index in [1.807, 2.05) is 18.2 Å². The summed E-state index contributed by atoms with van der Waals surface area (Å²) >= 11 is 1.43. The molecule has 4 nitrogen and oxygen atoms in total. The molecule has 3 aromatic rings. The van der Waals surface area contributed by atoms with Gasteiger partial charge in [0.15, 0.2) is 5.69 Å². The van der Waals surface area contributed by atoms with Crippen molar-refractivity contribution in [2.75, 3.05) is 6.54 Å². The fraction of sp³-hybridized carbons (Fsp3) is 0.300. The van der Waals surface area contributed by atoms with Gasteiger partial charge >= 0.3 is 6.18 Å². The molecular formula is C20H17F3N4S. The fourth-order valence-electron chi connectivity index (χ4n) is 3.68. The molecule has 3 heterocycles. The highest BCUT2D eigenvalue weighted by Gasteiger charge is 2.38. The third-order valence-corrected chi connectivity index (χ3v) is 6.00. The molecule has 4 rings (SSSR count). The van der Waals surface area contributed by atoms with Gasteiger partial charge in [0.1, 0.15) is 10.9 Å². The van der Waals surface area contributed by atoms with Gasteiger partial charge in [0.05, 0.1) is 0 Å². The van der Waals surface area contributed by atoms with E-state index < -0.39 is 11.9 Å². The second-order valence-corrected chi connectivity index (χ2v) is 7.75. The Kier molecular flexibility index (Phi) is 4.73. The number of rotatable bonds is 3. The minimum Gasteiger partial charge on any atom is -0.311 e. The SMILES string of the molecule is CCn1cc(-c2ccccc2C2CNCc3sc(C#N)cc32)c(C(F)(F)F)n1. The molecule has 8 heteroatoms. The Balaban J connectivity index is 1.88. The van der Waals surface area contributed by atoms with Crippen molar-refractivity contribution in [1.82, 2.24) is 15.1 Å². The molecule has 0 spiro atoms. The van der Waals surface area contributed by atoms with Gasteiger partial charge in [-0.2, -0.15) is 23.5 Å². The molecule has 1 unspecified atom stereocenters. The highest BCUT2D eigenvalue weighted by molar-refractivity contribution is 7.12. The Labute approximate surface area is 164 Å². The zero-order chi connectivity index (χ0) is 19.9. The van der Waals surface area contributed by atoms with E-state index in [-0.39, 0.29) is 11.5 Å². The average Bonchev–Trinajstić information content (AvgIpc) is 3.31. The van der Waals surface area contributed by atoms with E-state index in [4.69, 9.17) is 0 Å². The number of nitriles is 1. The van der Waals surface area contributed by atoms with E-state index in [0.29, 0.717) is 30.1 Å². The first-order valence-electron chi connectivity index (χ1n) is 8.89. The molecule has 0 radical (unpaired) electrons. The lowest BCUT2D eigenvalue weighted by Gasteiger charge is -2.26. The number of alkyl halides is 3. The summed E-state index contributed by atoms with van der Waals surface area (Å²) < 4.78 is 42.2. The summed E-state index contributed by atoms with van der Waals surface area (Å²) in [4.78, 5) is 1.67. The first-order valence-corrected chi connectivity index (χ1v) is 9.71. The molecule has 1 N–H and O–H groups in total. The first kappa shape index (κ1) is 18.7. The first-order chi connectivity index (χ1) is 13.4. The Morgan fingerprint density at radius 2 is 2.07 bits per heavy atom. The summed E-state index contributed by atoms with van der Waals surface area (Å²) in [6.07, 6.45) is -3.07. The van der Waals surface area contributed by atoms with Gasteiger partial charge in [-0.3, -0.25) is 4.68 Å². The molecule has 144 valence electrons. The maximum Gasteiger partial charge on any atom is 0.435 e. The normalized spacial score (nSPS) is 16.6. The molecule has 0 fully saturated rings. The lowest BCUT2D eigenvalue weighted by molar-refractivity contribution is -0.141. The summed E-state index contributed by atoms with van der Waals surface area (Å²) in [5.41, 5.74) is 1.57. The van der Waals surface area contributed by atoms with Crippen LogP contribution in [-0.2, 0) is 19.3 Å². The maximum atomic E-state index is 13.6. The standard InChI is InChI=1S/C20H17F3N4S/c1-2-27-11-17(19(26-27)20(21,22)23)14-6-4-3-5-13(14)16-9-25-10-18-15(16)7-12(8-24)28-18/h3-7,11,16,25H,2,9-10H2,1H3. The second-order valence-electron chi connectivity index (χ2n) is 6.62. The van der Waals surface area contributed by atoms with Crippen LogP contribution in [0, 0.1) is 11.3 Å². The van der Waals surface area contributed by atoms with Gasteiger partial charge < -0.3 is 5.32 Å². The highest BCUT2D eigenvalue weighted by atomic mass is 32.1. The van der Waals surface area contributed by atoms with Gasteiger partial charge in [0.25, 0.3) is 0 Å². The van der Waals surface area contributed by atoms with E-state index >= 15 is 0 Å². The van der Waals surface area contributed by atoms with Crippen LogP contribution in [0.4, 0.5) is 13.2 Å². The van der Waals surface area contributed by atoms with Gasteiger partial charge in [-0.25, -0.2) is 0 Å². The van der Waals surface area contributed by atoms with Crippen molar-refractivity contribution >= 4 is 11.3 Å². The van der Waals surface area contributed by atoms with Crippen LogP contribution in [0.2, 0.25) is 0 Å². The summed E-state index contributed by atoms with van der Waals surface area (Å²) in [5.74, 6) is -0.121. The zero-order valence-electron chi connectivity index (χ0n) is 15.0. The molecule has 28 heavy (non-hydrogen) atoms. The molecule has 1 atom stereocenters. The predicted octanol–water partition coefficient (Wildman–Crippen LogP) is 4.76. The topological polar surface area (TPSA) is 53.6 Å². The van der Waals surface area contributed by atoms with E-state index in [9.17, 15) is 18.4 Å². The fourth-order valence-corrected chi connectivity index (χ4v) is 4.67. The van der Waals surface area contributed by atoms with Crippen LogP contribution in [0.5, 0.6) is 0 Å². The molecule has 0 saturated carbocycles. The van der Waals surface area contributed by atoms with Gasteiger partial charge in [-0.15, -0.1) is 11.3 Å². The molecule has 0 bridgehead atoms. The number of hydrogen-bond acceptors (Lipinski definition) is 4. The number of aryl methyl sites for hydroxylation is 1. The van der Waals surface area contributed by atoms with Crippen molar-refractivity contribution in [3.05, 3.63) is 63.1 Å². The van der Waals surface area contributed by atoms with Gasteiger partial charge in [0.2, 0.25) is 0 Å². The monoisotopic (exact) mass is 402 g/mol. The van der Waals surface area contributed by atoms with Crippen molar-refractivity contribution in [1.29, 1.82) is 5.26 Å². The van der Waals surface area contributed by atoms with Crippen LogP contribution < -0.4 is 5.32 Å². The van der Waals surface area contributed by atoms with Crippen LogP contribution in [0.25, 0.3) is 11.1 Å². The predicted molar refractivity (Wildman–Crippen MR) is 101 cm³/mol.